The molecule has 12 N–H and O–H groups in total. The van der Waals surface area contributed by atoms with E-state index in [1.165, 1.54) is 51.1 Å². The summed E-state index contributed by atoms with van der Waals surface area (Å²) in [6.45, 7) is 11.9. The Labute approximate surface area is 504 Å². The summed E-state index contributed by atoms with van der Waals surface area (Å²) in [6, 6.07) is -2.36. The molecule has 0 spiro atoms. The van der Waals surface area contributed by atoms with Gasteiger partial charge in [-0.15, -0.1) is 10.2 Å². The first kappa shape index (κ1) is 64.4. The smallest absolute Gasteiger partial charge is 0.191 e. The highest BCUT2D eigenvalue weighted by Crippen LogP contribution is 2.34. The predicted octanol–water partition coefficient (Wildman–Crippen LogP) is 1.70. The first-order valence-corrected chi connectivity index (χ1v) is 32.3. The van der Waals surface area contributed by atoms with Gasteiger partial charge in [-0.1, -0.05) is 122 Å². The highest BCUT2D eigenvalue weighted by atomic mass is 32.2. The van der Waals surface area contributed by atoms with Crippen molar-refractivity contribution in [3.63, 3.8) is 0 Å². The number of hydrogen-bond acceptors (Lipinski definition) is 29. The van der Waals surface area contributed by atoms with Crippen molar-refractivity contribution < 1.29 is 55.4 Å². The lowest BCUT2D eigenvalue weighted by Crippen LogP contribution is -2.57. The quantitative estimate of drug-likeness (QED) is 0.0259. The van der Waals surface area contributed by atoms with E-state index in [1.54, 1.807) is 35.0 Å². The Morgan fingerprint density at radius 2 is 1.06 bits per heavy atom. The van der Waals surface area contributed by atoms with Crippen LogP contribution in [0, 0.1) is 0 Å². The number of unbranched alkanes of at least 4 members (excludes halogenated alkanes) is 1. The lowest BCUT2D eigenvalue weighted by molar-refractivity contribution is -0.0795. The van der Waals surface area contributed by atoms with E-state index in [0.29, 0.717) is 63.9 Å². The molecule has 0 bridgehead atoms. The number of anilines is 2. The highest BCUT2D eigenvalue weighted by molar-refractivity contribution is 8.13. The Hall–Kier alpha value is -5.07. The second kappa shape index (κ2) is 30.7. The number of aliphatic imine (C=N–C) groups is 2. The average Bonchev–Trinajstić information content (AvgIpc) is 4.60. The molecule has 0 radical (unpaired) electrons. The Kier molecular flexibility index (Phi) is 23.3. The van der Waals surface area contributed by atoms with Crippen molar-refractivity contribution >= 4 is 80.3 Å². The second-order valence-corrected chi connectivity index (χ2v) is 24.6. The number of aliphatic hydroxyl groups is 9. The van der Waals surface area contributed by atoms with Gasteiger partial charge >= 0.3 is 0 Å². The minimum Gasteiger partial charge on any atom is -0.388 e. The van der Waals surface area contributed by atoms with Gasteiger partial charge in [0.2, 0.25) is 0 Å². The van der Waals surface area contributed by atoms with E-state index in [2.05, 4.69) is 99.5 Å². The van der Waals surface area contributed by atoms with Gasteiger partial charge in [0.15, 0.2) is 61.7 Å². The zero-order valence-corrected chi connectivity index (χ0v) is 50.4. The van der Waals surface area contributed by atoms with Gasteiger partial charge < -0.3 is 71.4 Å². The fourth-order valence-corrected chi connectivity index (χ4v) is 12.3. The topological polar surface area (TPSA) is 402 Å². The van der Waals surface area contributed by atoms with Crippen LogP contribution in [0.1, 0.15) is 97.6 Å². The first-order chi connectivity index (χ1) is 41.2. The van der Waals surface area contributed by atoms with Crippen molar-refractivity contribution in [2.75, 3.05) is 60.7 Å². The van der Waals surface area contributed by atoms with Crippen molar-refractivity contribution in [1.82, 2.24) is 60.2 Å². The summed E-state index contributed by atoms with van der Waals surface area (Å²) < 4.78 is 14.3. The molecule has 29 nitrogen and oxygen atoms in total. The van der Waals surface area contributed by atoms with Gasteiger partial charge in [0.05, 0.1) is 18.2 Å². The predicted molar refractivity (Wildman–Crippen MR) is 321 cm³/mol. The molecule has 7 aliphatic rings. The maximum absolute atomic E-state index is 10.4. The van der Waals surface area contributed by atoms with Crippen LogP contribution in [0.4, 0.5) is 11.6 Å². The fourth-order valence-electron chi connectivity index (χ4n) is 10.1. The fraction of sp³-hybridized carbons (Fsp3) is 0.698. The highest BCUT2D eigenvalue weighted by Gasteiger charge is 2.47. The molecule has 16 atom stereocenters. The molecule has 2 saturated heterocycles. The van der Waals surface area contributed by atoms with E-state index < -0.39 is 79.2 Å². The summed E-state index contributed by atoms with van der Waals surface area (Å²) in [6.07, 6.45) is 7.36. The summed E-state index contributed by atoms with van der Waals surface area (Å²) in [4.78, 5) is 27.8. The summed E-state index contributed by atoms with van der Waals surface area (Å²) >= 11 is 4.69. The standard InChI is InChI=1S/2C18H26N6O4S.C17H28N6O3S/c2*1-2-8-29-18-20-16(19-9-10-4-3-7-28-10)13-17(21-18)24(23-22-13)11-5-6-12(25)15(27)14(11)26;1-3-5-8-18-15-12-16(20-17(19-15)27-9-4-2)23(22-21-12)10-6-7-11(24)14(26)13(10)25/h2*5-6,10-12,14-15,25-27H,2-4,7-9H2,1H3,(H,19,20,21);6-7,10-14,16,24-26H,3-5,8-9H2,1-2H3,(H,18,19,20)/t10-,11+,12-,14-,15+;10-,11-,12+,14+,15-;10-,11+,12?,13+,14-,16?/m011/s1. The Morgan fingerprint density at radius 3 is 1.52 bits per heavy atom. The monoisotopic (exact) mass is 1240 g/mol. The molecule has 0 amide bonds. The lowest BCUT2D eigenvalue weighted by Gasteiger charge is -2.38. The van der Waals surface area contributed by atoms with Gasteiger partial charge in [-0.2, -0.15) is 5.11 Å². The third kappa shape index (κ3) is 15.4. The molecule has 4 aliphatic heterocycles. The Morgan fingerprint density at radius 1 is 0.588 bits per heavy atom. The molecular weight excluding hydrogens is 1160 g/mol. The number of aromatic nitrogens is 10. The second-order valence-electron chi connectivity index (χ2n) is 21.4. The summed E-state index contributed by atoms with van der Waals surface area (Å²) in [5, 5.41) is 129. The molecule has 4 aromatic rings. The van der Waals surface area contributed by atoms with Crippen LogP contribution in [0.5, 0.6) is 0 Å². The number of nitrogens with one attached hydrogen (secondary N) is 3. The number of fused-ring (bicyclic) bond motifs is 3. The van der Waals surface area contributed by atoms with E-state index in [1.807, 2.05) is 0 Å². The molecular formula is C53H80N18O11S3. The van der Waals surface area contributed by atoms with E-state index in [9.17, 15) is 46.0 Å². The number of amidine groups is 2. The molecule has 2 unspecified atom stereocenters. The Balaban J connectivity index is 0.000000153. The van der Waals surface area contributed by atoms with Crippen LogP contribution in [-0.2, 0) is 9.47 Å². The van der Waals surface area contributed by atoms with Gasteiger partial charge in [0.25, 0.3) is 0 Å². The van der Waals surface area contributed by atoms with Gasteiger partial charge in [0, 0.05) is 50.1 Å². The molecule has 0 saturated carbocycles. The zero-order valence-electron chi connectivity index (χ0n) is 48.0. The molecule has 0 aromatic carbocycles. The van der Waals surface area contributed by atoms with Crippen molar-refractivity contribution in [2.24, 2.45) is 20.3 Å². The maximum Gasteiger partial charge on any atom is 0.191 e. The molecule has 466 valence electrons. The van der Waals surface area contributed by atoms with Gasteiger partial charge in [-0.25, -0.2) is 39.3 Å². The van der Waals surface area contributed by atoms with Crippen molar-refractivity contribution in [3.05, 3.63) is 36.5 Å². The normalized spacial score (nSPS) is 31.8. The molecule has 85 heavy (non-hydrogen) atoms. The summed E-state index contributed by atoms with van der Waals surface area (Å²) in [5.41, 5.74) is 1.91. The molecule has 2 fully saturated rings. The molecule has 8 heterocycles. The van der Waals surface area contributed by atoms with E-state index in [4.69, 9.17) is 14.5 Å². The zero-order chi connectivity index (χ0) is 60.1. The van der Waals surface area contributed by atoms with Crippen LogP contribution in [0.3, 0.4) is 0 Å². The van der Waals surface area contributed by atoms with Crippen molar-refractivity contribution in [2.45, 2.75) is 193 Å². The van der Waals surface area contributed by atoms with Gasteiger partial charge in [-0.05, 0) is 51.4 Å². The third-order valence-electron chi connectivity index (χ3n) is 14.9. The number of rotatable bonds is 20. The van der Waals surface area contributed by atoms with Crippen LogP contribution in [-0.4, -0.2) is 247 Å². The Bertz CT molecular complexity index is 2860. The van der Waals surface area contributed by atoms with E-state index in [0.717, 1.165) is 99.3 Å². The van der Waals surface area contributed by atoms with E-state index >= 15 is 0 Å². The van der Waals surface area contributed by atoms with Crippen LogP contribution in [0.15, 0.2) is 67.1 Å². The largest absolute Gasteiger partial charge is 0.388 e. The minimum absolute atomic E-state index is 0.140. The number of thioether (sulfide) groups is 3. The maximum atomic E-state index is 10.4. The minimum atomic E-state index is -1.31. The van der Waals surface area contributed by atoms with Crippen LogP contribution in [0.25, 0.3) is 22.3 Å². The molecule has 11 rings (SSSR count). The summed E-state index contributed by atoms with van der Waals surface area (Å²) in [5.74, 6) is 4.56. The van der Waals surface area contributed by atoms with Crippen molar-refractivity contribution in [3.8, 4) is 0 Å². The number of aliphatic hydroxyl groups excluding tert-OH is 9. The molecule has 32 heteroatoms. The first-order valence-electron chi connectivity index (χ1n) is 29.3. The van der Waals surface area contributed by atoms with E-state index in [-0.39, 0.29) is 18.2 Å². The van der Waals surface area contributed by atoms with Gasteiger partial charge in [0.1, 0.15) is 72.9 Å². The average molecular weight is 1240 g/mol. The number of hydrogen-bond donors (Lipinski definition) is 12. The molecule has 4 aromatic heterocycles. The van der Waals surface area contributed by atoms with Crippen LogP contribution in [0.2, 0.25) is 0 Å². The van der Waals surface area contributed by atoms with Gasteiger partial charge in [-0.3, -0.25) is 4.99 Å². The van der Waals surface area contributed by atoms with Crippen LogP contribution < -0.4 is 16.0 Å². The lowest BCUT2D eigenvalue weighted by atomic mass is 9.93. The molecule has 3 aliphatic carbocycles. The number of ether oxygens (including phenoxy) is 2. The number of nitrogens with zero attached hydrogens (tertiary/aromatic N) is 15. The third-order valence-corrected chi connectivity index (χ3v) is 18.1. The summed E-state index contributed by atoms with van der Waals surface area (Å²) in [7, 11) is 0. The van der Waals surface area contributed by atoms with Crippen LogP contribution >= 0.6 is 35.3 Å². The SMILES string of the molecule is CCCCN=C1NC(SCCC)=NC2C1N=NN2[C@@H]1C=C[C@H](O)[C@@H](O)[C@H]1O.CCCSc1nc(NC[C@@H]2CCCO2)c2nnn([C@@H]3C=C[C@H](O)[C@@H](O)[C@H]3O)c2n1.CCCSc1nc(NC[C@H]2CCCO2)c2nnn([C@@H]3C=C[C@H](O)[C@@H](O)[C@H]3O)c2n1. The van der Waals surface area contributed by atoms with Crippen molar-refractivity contribution in [1.29, 1.82) is 0 Å².